The molecule has 16 aromatic rings. The van der Waals surface area contributed by atoms with Gasteiger partial charge in [-0.05, 0) is 181 Å². The number of aromatic nitrogens is 9. The van der Waals surface area contributed by atoms with E-state index in [-0.39, 0.29) is 0 Å². The van der Waals surface area contributed by atoms with Gasteiger partial charge in [-0.1, -0.05) is 135 Å². The van der Waals surface area contributed by atoms with E-state index in [9.17, 15) is 0 Å². The van der Waals surface area contributed by atoms with Crippen molar-refractivity contribution in [2.45, 2.75) is 26.7 Å². The Bertz CT molecular complexity index is 5380. The van der Waals surface area contributed by atoms with Crippen molar-refractivity contribution in [1.29, 1.82) is 0 Å². The molecule has 0 saturated carbocycles. The predicted octanol–water partition coefficient (Wildman–Crippen LogP) is 20.4. The number of allylic oxidation sites excluding steroid dienone is 4. The smallest absolute Gasteiger partial charge is 0.164 e. The number of rotatable bonds is 11. The lowest BCUT2D eigenvalue weighted by Crippen LogP contribution is -2.11. The summed E-state index contributed by atoms with van der Waals surface area (Å²) in [4.78, 5) is 29.6. The number of hydrogen-bond acceptors (Lipinski definition) is 6. The first kappa shape index (κ1) is 53.6. The van der Waals surface area contributed by atoms with Crippen molar-refractivity contribution in [2.75, 3.05) is 0 Å². The Hall–Kier alpha value is -11.7. The van der Waals surface area contributed by atoms with E-state index in [1.165, 1.54) is 21.9 Å². The van der Waals surface area contributed by atoms with Crippen molar-refractivity contribution in [3.8, 4) is 85.0 Å². The molecule has 9 nitrogen and oxygen atoms in total. The number of hydrogen-bond donors (Lipinski definition) is 0. The van der Waals surface area contributed by atoms with Gasteiger partial charge < -0.3 is 13.7 Å². The third-order valence-electron chi connectivity index (χ3n) is 18.5. The summed E-state index contributed by atoms with van der Waals surface area (Å²) in [6, 6.07) is 88.8. The second-order valence-electron chi connectivity index (χ2n) is 23.8. The van der Waals surface area contributed by atoms with Crippen LogP contribution >= 0.6 is 0 Å². The van der Waals surface area contributed by atoms with Gasteiger partial charge in [0.1, 0.15) is 0 Å². The highest BCUT2D eigenvalue weighted by atomic mass is 15.0. The van der Waals surface area contributed by atoms with Crippen LogP contribution in [0, 0.1) is 11.8 Å². The molecule has 0 N–H and O–H groups in total. The molecule has 1 aliphatic carbocycles. The van der Waals surface area contributed by atoms with Crippen molar-refractivity contribution in [2.24, 2.45) is 11.8 Å². The zero-order valence-corrected chi connectivity index (χ0v) is 50.2. The molecule has 1 unspecified atom stereocenters. The molecule has 0 amide bonds. The van der Waals surface area contributed by atoms with E-state index >= 15 is 0 Å². The molecule has 0 spiro atoms. The number of benzene rings is 9. The van der Waals surface area contributed by atoms with E-state index in [1.54, 1.807) is 0 Å². The summed E-state index contributed by atoms with van der Waals surface area (Å²) in [5.74, 6) is 2.84. The lowest BCUT2D eigenvalue weighted by molar-refractivity contribution is 0.436. The summed E-state index contributed by atoms with van der Waals surface area (Å²) < 4.78 is 7.29. The number of fused-ring (bicyclic) bond motifs is 9. The van der Waals surface area contributed by atoms with E-state index in [0.717, 1.165) is 135 Å². The largest absolute Gasteiger partial charge is 0.309 e. The molecule has 0 aliphatic heterocycles. The van der Waals surface area contributed by atoms with Gasteiger partial charge in [-0.25, -0.2) is 15.0 Å². The molecule has 9 aromatic carbocycles. The zero-order valence-electron chi connectivity index (χ0n) is 50.2. The lowest BCUT2D eigenvalue weighted by atomic mass is 9.81. The second-order valence-corrected chi connectivity index (χ2v) is 23.8. The van der Waals surface area contributed by atoms with E-state index in [0.29, 0.717) is 29.3 Å². The van der Waals surface area contributed by atoms with Crippen LogP contribution in [0.2, 0.25) is 0 Å². The van der Waals surface area contributed by atoms with Crippen LogP contribution in [-0.2, 0) is 0 Å². The molecule has 2 atom stereocenters. The zero-order chi connectivity index (χ0) is 60.5. The maximum absolute atomic E-state index is 5.10. The molecule has 17 rings (SSSR count). The predicted molar refractivity (Wildman–Crippen MR) is 374 cm³/mol. The van der Waals surface area contributed by atoms with Crippen molar-refractivity contribution in [1.82, 2.24) is 43.6 Å². The van der Waals surface area contributed by atoms with E-state index in [1.807, 2.05) is 110 Å². The summed E-state index contributed by atoms with van der Waals surface area (Å²) >= 11 is 0. The molecule has 0 radical (unpaired) electrons. The van der Waals surface area contributed by atoms with Crippen molar-refractivity contribution < 1.29 is 0 Å². The number of pyridine rings is 3. The van der Waals surface area contributed by atoms with Gasteiger partial charge in [0.15, 0.2) is 17.5 Å². The molecule has 432 valence electrons. The van der Waals surface area contributed by atoms with Gasteiger partial charge in [-0.3, -0.25) is 15.0 Å². The fraction of sp³-hybridized carbons (Fsp3) is 0.0732. The average molecular weight is 1170 g/mol. The van der Waals surface area contributed by atoms with Gasteiger partial charge in [-0.2, -0.15) is 0 Å². The van der Waals surface area contributed by atoms with E-state index in [2.05, 4.69) is 204 Å². The van der Waals surface area contributed by atoms with Crippen LogP contribution in [-0.4, -0.2) is 43.6 Å². The van der Waals surface area contributed by atoms with E-state index in [4.69, 9.17) is 29.9 Å². The van der Waals surface area contributed by atoms with Gasteiger partial charge in [0.25, 0.3) is 0 Å². The first-order chi connectivity index (χ1) is 45.0. The van der Waals surface area contributed by atoms with Crippen LogP contribution in [0.15, 0.2) is 286 Å². The summed E-state index contributed by atoms with van der Waals surface area (Å²) in [6.45, 7) is 4.73. The second kappa shape index (κ2) is 22.2. The fourth-order valence-corrected chi connectivity index (χ4v) is 14.1. The maximum atomic E-state index is 5.10. The molecule has 7 aromatic heterocycles. The van der Waals surface area contributed by atoms with Gasteiger partial charge in [0, 0.05) is 101 Å². The molecular formula is C82H59N9. The van der Waals surface area contributed by atoms with Crippen molar-refractivity contribution >= 4 is 71.0 Å². The normalized spacial score (nSPS) is 14.3. The third kappa shape index (κ3) is 9.31. The Morgan fingerprint density at radius 3 is 1.09 bits per heavy atom. The Kier molecular flexibility index (Phi) is 13.0. The highest BCUT2D eigenvalue weighted by Crippen LogP contribution is 2.44. The van der Waals surface area contributed by atoms with Gasteiger partial charge in [0.2, 0.25) is 0 Å². The summed E-state index contributed by atoms with van der Waals surface area (Å²) in [5, 5.41) is 6.91. The summed E-state index contributed by atoms with van der Waals surface area (Å²) in [5.41, 5.74) is 21.2. The summed E-state index contributed by atoms with van der Waals surface area (Å²) in [7, 11) is 0. The van der Waals surface area contributed by atoms with Crippen LogP contribution in [0.25, 0.3) is 156 Å². The van der Waals surface area contributed by atoms with Crippen LogP contribution in [0.4, 0.5) is 0 Å². The van der Waals surface area contributed by atoms with Crippen molar-refractivity contribution in [3.63, 3.8) is 0 Å². The molecule has 0 saturated heterocycles. The first-order valence-corrected chi connectivity index (χ1v) is 31.3. The minimum Gasteiger partial charge on any atom is -0.309 e. The minimum atomic E-state index is 0.449. The van der Waals surface area contributed by atoms with Gasteiger partial charge >= 0.3 is 0 Å². The van der Waals surface area contributed by atoms with Gasteiger partial charge in [0.05, 0.1) is 50.2 Å². The number of nitrogens with zero attached hydrogens (tertiary/aromatic N) is 9. The molecule has 91 heavy (non-hydrogen) atoms. The monoisotopic (exact) mass is 1170 g/mol. The lowest BCUT2D eigenvalue weighted by Gasteiger charge is -2.24. The quantitative estimate of drug-likeness (QED) is 0.128. The highest BCUT2D eigenvalue weighted by Gasteiger charge is 2.25. The van der Waals surface area contributed by atoms with E-state index < -0.39 is 0 Å². The standard InChI is InChI=1S/C82H59N9/c1-3-63-52(2)18-10-11-23-64(63)56-29-37-74-65(46-56)66-47-57(71-24-12-15-43-83-71)30-38-75(66)90(74)61-35-41-78-69(50-61)70-51-62(91-76-39-31-58(72-25-13-16-44-84-72)48-67(76)68-49-59(32-40-77(68)91)73-26-14-17-45-85-73)36-42-79(70)89(78)60-33-27-55(28-34-60)82-87-80(53-19-6-4-7-20-53)86-81(88-82)54-21-8-5-9-22-54/h4-17,19-52,63H,3,18H2,1-2H3/t52-,63?/m0/s1. The van der Waals surface area contributed by atoms with Crippen LogP contribution in [0.3, 0.4) is 0 Å². The Morgan fingerprint density at radius 1 is 0.341 bits per heavy atom. The molecule has 9 heteroatoms. The topological polar surface area (TPSA) is 92.1 Å². The first-order valence-electron chi connectivity index (χ1n) is 31.3. The highest BCUT2D eigenvalue weighted by molar-refractivity contribution is 6.15. The SMILES string of the molecule is CCC1C(c2ccc3c(c2)c2cc(-c4ccccn4)ccc2n3-c2ccc3c(c2)c2cc(-n4c5ccc(-c6ccccn6)cc5c5cc(-c6ccccn6)ccc54)ccc2n3-c2ccc(-c3nc(-c4ccccc4)nc(-c4ccccc4)n3)cc2)=CC=CC[C@@H]1C. The Morgan fingerprint density at radius 2 is 0.681 bits per heavy atom. The van der Waals surface area contributed by atoms with Gasteiger partial charge in [-0.15, -0.1) is 0 Å². The van der Waals surface area contributed by atoms with Crippen LogP contribution in [0.5, 0.6) is 0 Å². The molecule has 0 fully saturated rings. The fourth-order valence-electron chi connectivity index (χ4n) is 14.1. The molecule has 0 bridgehead atoms. The average Bonchev–Trinajstić information content (AvgIpc) is 1.58. The Labute approximate surface area is 526 Å². The van der Waals surface area contributed by atoms with Crippen LogP contribution < -0.4 is 0 Å². The summed E-state index contributed by atoms with van der Waals surface area (Å²) in [6.07, 6.45) is 14.7. The maximum Gasteiger partial charge on any atom is 0.164 e. The third-order valence-corrected chi connectivity index (χ3v) is 18.5. The Balaban J connectivity index is 0.880. The van der Waals surface area contributed by atoms with Crippen molar-refractivity contribution in [3.05, 3.63) is 291 Å². The molecule has 1 aliphatic rings. The molecular weight excluding hydrogens is 1110 g/mol. The molecule has 7 heterocycles. The minimum absolute atomic E-state index is 0.449. The van der Waals surface area contributed by atoms with Crippen LogP contribution in [0.1, 0.15) is 32.3 Å².